The van der Waals surface area contributed by atoms with E-state index >= 15 is 0 Å². The number of benzene rings is 1. The van der Waals surface area contributed by atoms with Crippen LogP contribution in [0.5, 0.6) is 0 Å². The van der Waals surface area contributed by atoms with Gasteiger partial charge < -0.3 is 0 Å². The van der Waals surface area contributed by atoms with Crippen molar-refractivity contribution >= 4 is 26.6 Å². The van der Waals surface area contributed by atoms with Crippen molar-refractivity contribution in [2.45, 2.75) is 11.1 Å². The van der Waals surface area contributed by atoms with Crippen LogP contribution in [0.4, 0.5) is 13.2 Å². The van der Waals surface area contributed by atoms with Gasteiger partial charge in [-0.2, -0.15) is 13.2 Å². The van der Waals surface area contributed by atoms with Crippen LogP contribution in [0.1, 0.15) is 5.56 Å². The van der Waals surface area contributed by atoms with Crippen molar-refractivity contribution in [3.63, 3.8) is 0 Å². The number of hydrogen-bond acceptors (Lipinski definition) is 2. The molecule has 78 valence electrons. The summed E-state index contributed by atoms with van der Waals surface area (Å²) in [6.07, 6.45) is -4.66. The van der Waals surface area contributed by atoms with Gasteiger partial charge in [-0.25, -0.2) is 8.42 Å². The molecule has 2 nitrogen and oxygen atoms in total. The van der Waals surface area contributed by atoms with Crippen LogP contribution in [0.15, 0.2) is 27.6 Å². The molecule has 0 atom stereocenters. The molecule has 0 aliphatic heterocycles. The molecule has 0 fully saturated rings. The van der Waals surface area contributed by atoms with E-state index in [2.05, 4.69) is 15.9 Å². The Hall–Kier alpha value is -0.560. The molecule has 0 heterocycles. The number of alkyl halides is 3. The Balaban J connectivity index is 3.45. The van der Waals surface area contributed by atoms with Crippen molar-refractivity contribution in [1.82, 2.24) is 0 Å². The fourth-order valence-electron chi connectivity index (χ4n) is 0.895. The fourth-order valence-corrected chi connectivity index (χ4v) is 1.84. The van der Waals surface area contributed by atoms with Gasteiger partial charge in [-0.1, -0.05) is 15.9 Å². The Labute approximate surface area is 87.8 Å². The summed E-state index contributed by atoms with van der Waals surface area (Å²) < 4.78 is 58.1. The van der Waals surface area contributed by atoms with E-state index in [4.69, 9.17) is 0 Å². The van der Waals surface area contributed by atoms with E-state index in [1.54, 1.807) is 0 Å². The molecule has 0 spiro atoms. The number of thiol groups is 1. The molecule has 1 rings (SSSR count). The van der Waals surface area contributed by atoms with Crippen LogP contribution >= 0.6 is 15.9 Å². The highest BCUT2D eigenvalue weighted by Crippen LogP contribution is 2.34. The smallest absolute Gasteiger partial charge is 0.227 e. The first-order chi connectivity index (χ1) is 6.32. The first kappa shape index (κ1) is 11.5. The molecule has 0 unspecified atom stereocenters. The lowest BCUT2D eigenvalue weighted by molar-refractivity contribution is -0.139. The van der Waals surface area contributed by atoms with Crippen molar-refractivity contribution < 1.29 is 21.6 Å². The Morgan fingerprint density at radius 2 is 1.79 bits per heavy atom. The summed E-state index contributed by atoms with van der Waals surface area (Å²) in [5, 5.41) is 0. The van der Waals surface area contributed by atoms with Gasteiger partial charge >= 0.3 is 6.18 Å². The van der Waals surface area contributed by atoms with Gasteiger partial charge in [0.05, 0.1) is 10.5 Å². The topological polar surface area (TPSA) is 34.1 Å². The molecule has 0 saturated carbocycles. The lowest BCUT2D eigenvalue weighted by Crippen LogP contribution is -2.08. The van der Waals surface area contributed by atoms with Gasteiger partial charge in [0.15, 0.2) is 10.7 Å². The standard InChI is InChI=1S/C7H4BrF3O2S/c8-4-1-2-6(14(12)13)5(3-4)7(9,10)11/h1-3,14H. The number of rotatable bonds is 1. The highest BCUT2D eigenvalue weighted by Gasteiger charge is 2.34. The molecule has 0 aliphatic rings. The molecule has 1 aromatic carbocycles. The lowest BCUT2D eigenvalue weighted by Gasteiger charge is -2.08. The average molecular weight is 289 g/mol. The van der Waals surface area contributed by atoms with Gasteiger partial charge in [0, 0.05) is 4.47 Å². The molecule has 0 N–H and O–H groups in total. The molecule has 14 heavy (non-hydrogen) atoms. The fraction of sp³-hybridized carbons (Fsp3) is 0.143. The molecule has 0 aliphatic carbocycles. The predicted molar refractivity (Wildman–Crippen MR) is 47.7 cm³/mol. The third-order valence-corrected chi connectivity index (χ3v) is 2.74. The molecule has 0 aromatic heterocycles. The Bertz CT molecular complexity index is 417. The van der Waals surface area contributed by atoms with Gasteiger partial charge in [-0.05, 0) is 18.2 Å². The van der Waals surface area contributed by atoms with Crippen LogP contribution in [-0.2, 0) is 16.9 Å². The van der Waals surface area contributed by atoms with Gasteiger partial charge in [-0.3, -0.25) is 0 Å². The van der Waals surface area contributed by atoms with E-state index in [9.17, 15) is 21.6 Å². The summed E-state index contributed by atoms with van der Waals surface area (Å²) in [7, 11) is -3.23. The van der Waals surface area contributed by atoms with Crippen LogP contribution in [-0.4, -0.2) is 8.42 Å². The minimum atomic E-state index is -4.66. The second-order valence-corrected chi connectivity index (χ2v) is 4.33. The van der Waals surface area contributed by atoms with Gasteiger partial charge in [0.2, 0.25) is 0 Å². The molecule has 0 radical (unpaired) electrons. The van der Waals surface area contributed by atoms with E-state index in [0.29, 0.717) is 0 Å². The number of hydrogen-bond donors (Lipinski definition) is 1. The zero-order valence-corrected chi connectivity index (χ0v) is 8.99. The maximum atomic E-state index is 12.3. The van der Waals surface area contributed by atoms with Crippen LogP contribution in [0, 0.1) is 0 Å². The van der Waals surface area contributed by atoms with E-state index < -0.39 is 27.3 Å². The molecule has 0 bridgehead atoms. The van der Waals surface area contributed by atoms with Crippen molar-refractivity contribution in [1.29, 1.82) is 0 Å². The third-order valence-electron chi connectivity index (χ3n) is 1.46. The molecule has 0 saturated heterocycles. The minimum Gasteiger partial charge on any atom is -0.227 e. The zero-order valence-electron chi connectivity index (χ0n) is 6.51. The Kier molecular flexibility index (Phi) is 3.20. The van der Waals surface area contributed by atoms with Gasteiger partial charge in [0.25, 0.3) is 0 Å². The highest BCUT2D eigenvalue weighted by molar-refractivity contribution is 9.10. The average Bonchev–Trinajstić information content (AvgIpc) is 2.01. The van der Waals surface area contributed by atoms with E-state index in [0.717, 1.165) is 12.1 Å². The molecular weight excluding hydrogens is 285 g/mol. The molecule has 1 aromatic rings. The van der Waals surface area contributed by atoms with Crippen LogP contribution in [0.2, 0.25) is 0 Å². The lowest BCUT2D eigenvalue weighted by atomic mass is 10.2. The second-order valence-electron chi connectivity index (χ2n) is 2.42. The van der Waals surface area contributed by atoms with E-state index in [1.807, 2.05) is 0 Å². The van der Waals surface area contributed by atoms with Crippen molar-refractivity contribution in [3.05, 3.63) is 28.2 Å². The monoisotopic (exact) mass is 288 g/mol. The van der Waals surface area contributed by atoms with E-state index in [1.165, 1.54) is 6.07 Å². The number of halogens is 4. The van der Waals surface area contributed by atoms with Gasteiger partial charge in [-0.15, -0.1) is 0 Å². The summed E-state index contributed by atoms with van der Waals surface area (Å²) in [5.41, 5.74) is -1.15. The molecule has 7 heteroatoms. The van der Waals surface area contributed by atoms with E-state index in [-0.39, 0.29) is 4.47 Å². The van der Waals surface area contributed by atoms with Gasteiger partial charge in [0.1, 0.15) is 0 Å². The maximum Gasteiger partial charge on any atom is 0.417 e. The molecular formula is C7H4BrF3O2S. The normalized spacial score (nSPS) is 12.1. The van der Waals surface area contributed by atoms with Crippen molar-refractivity contribution in [3.8, 4) is 0 Å². The largest absolute Gasteiger partial charge is 0.417 e. The second kappa shape index (κ2) is 3.90. The Morgan fingerprint density at radius 3 is 2.21 bits per heavy atom. The highest BCUT2D eigenvalue weighted by atomic mass is 79.9. The first-order valence-electron chi connectivity index (χ1n) is 3.33. The predicted octanol–water partition coefficient (Wildman–Crippen LogP) is 2.44. The SMILES string of the molecule is O=[SH](=O)c1ccc(Br)cc1C(F)(F)F. The van der Waals surface area contributed by atoms with Crippen LogP contribution in [0.25, 0.3) is 0 Å². The summed E-state index contributed by atoms with van der Waals surface area (Å²) in [4.78, 5) is -0.712. The maximum absolute atomic E-state index is 12.3. The summed E-state index contributed by atoms with van der Waals surface area (Å²) in [5.74, 6) is 0. The van der Waals surface area contributed by atoms with Crippen molar-refractivity contribution in [2.75, 3.05) is 0 Å². The minimum absolute atomic E-state index is 0.186. The quantitative estimate of drug-likeness (QED) is 0.806. The zero-order chi connectivity index (χ0) is 10.9. The summed E-state index contributed by atoms with van der Waals surface area (Å²) in [6, 6.07) is 2.90. The summed E-state index contributed by atoms with van der Waals surface area (Å²) in [6.45, 7) is 0. The van der Waals surface area contributed by atoms with Crippen LogP contribution < -0.4 is 0 Å². The first-order valence-corrected chi connectivity index (χ1v) is 5.30. The van der Waals surface area contributed by atoms with Crippen LogP contribution in [0.3, 0.4) is 0 Å². The third kappa shape index (κ3) is 2.48. The molecule has 0 amide bonds. The summed E-state index contributed by atoms with van der Waals surface area (Å²) >= 11 is 2.84. The van der Waals surface area contributed by atoms with Crippen molar-refractivity contribution in [2.24, 2.45) is 0 Å². The Morgan fingerprint density at radius 1 is 1.21 bits per heavy atom.